The number of fused-ring (bicyclic) bond motifs is 4. The Labute approximate surface area is 471 Å². The van der Waals surface area contributed by atoms with Crippen LogP contribution in [0.2, 0.25) is 0 Å². The topological polar surface area (TPSA) is 146 Å². The van der Waals surface area contributed by atoms with E-state index >= 15 is 0 Å². The number of anilines is 2. The molecule has 2 unspecified atom stereocenters. The molecule has 0 saturated carbocycles. The summed E-state index contributed by atoms with van der Waals surface area (Å²) in [6, 6.07) is 84.8. The van der Waals surface area contributed by atoms with E-state index in [1.807, 2.05) is 72.8 Å². The fraction of sp³-hybridized carbons (Fsp3) is 0.0571. The Kier molecular flexibility index (Phi) is 11.2. The van der Waals surface area contributed by atoms with Gasteiger partial charge in [-0.05, 0) is 130 Å². The van der Waals surface area contributed by atoms with Gasteiger partial charge in [-0.3, -0.25) is 10.0 Å². The summed E-state index contributed by atoms with van der Waals surface area (Å²) in [4.78, 5) is 33.4. The van der Waals surface area contributed by atoms with E-state index < -0.39 is 0 Å². The number of H-pyrrole nitrogens is 4. The fourth-order valence-electron chi connectivity index (χ4n) is 11.7. The zero-order valence-corrected chi connectivity index (χ0v) is 44.2. The average molecular weight is 1060 g/mol. The summed E-state index contributed by atoms with van der Waals surface area (Å²) in [7, 11) is 0. The predicted molar refractivity (Wildman–Crippen MR) is 331 cm³/mol. The van der Waals surface area contributed by atoms with Crippen LogP contribution >= 0.6 is 0 Å². The molecule has 0 bridgehead atoms. The molecule has 0 aliphatic carbocycles. The molecule has 12 heteroatoms. The standard InChI is InChI=1S/C70H50N12/c1-2-10-56-55(9-1)71-67(72-56)49-29-21-45(22-30-49)63-41-65(81(79-63)53-37-33-51(34-38-53)69-75-59-13-5-6-14-60(59)76-69)47-25-17-43(18-26-47)44-19-27-48(28-20-44)66-42-64(46-23-31-50(32-24-46)68-73-57-11-3-4-12-58(57)74-68)80-82(66)54-39-35-52(36-40-54)70-77-61-15-7-8-16-62(61)78-70/h1-40,65-66H,41-42H2,(H,71,72)(H,73,74)(H,75,76)(H,77,78). The third-order valence-electron chi connectivity index (χ3n) is 16.1. The van der Waals surface area contributed by atoms with Crippen molar-refractivity contribution in [1.82, 2.24) is 39.9 Å². The van der Waals surface area contributed by atoms with Crippen LogP contribution in [0.1, 0.15) is 47.2 Å². The minimum atomic E-state index is -0.0321. The molecule has 14 aromatic rings. The lowest BCUT2D eigenvalue weighted by molar-refractivity contribution is 0.709. The molecule has 16 rings (SSSR count). The molecule has 390 valence electrons. The van der Waals surface area contributed by atoms with E-state index in [0.29, 0.717) is 0 Å². The van der Waals surface area contributed by atoms with E-state index in [4.69, 9.17) is 30.1 Å². The van der Waals surface area contributed by atoms with Crippen LogP contribution in [-0.2, 0) is 0 Å². The number of benzene rings is 10. The molecule has 0 spiro atoms. The molecule has 10 aromatic carbocycles. The Morgan fingerprint density at radius 1 is 0.268 bits per heavy atom. The molecule has 2 atom stereocenters. The van der Waals surface area contributed by atoms with Crippen molar-refractivity contribution in [3.8, 4) is 56.7 Å². The van der Waals surface area contributed by atoms with Gasteiger partial charge in [0.25, 0.3) is 0 Å². The van der Waals surface area contributed by atoms with E-state index in [1.54, 1.807) is 0 Å². The number of rotatable bonds is 11. The van der Waals surface area contributed by atoms with Crippen molar-refractivity contribution in [3.05, 3.63) is 265 Å². The lowest BCUT2D eigenvalue weighted by Gasteiger charge is -2.25. The van der Waals surface area contributed by atoms with Gasteiger partial charge in [-0.1, -0.05) is 146 Å². The normalized spacial score (nSPS) is 15.3. The molecule has 4 N–H and O–H groups in total. The number of aromatic nitrogens is 8. The molecule has 0 fully saturated rings. The van der Waals surface area contributed by atoms with Crippen LogP contribution in [0.25, 0.3) is 101 Å². The summed E-state index contributed by atoms with van der Waals surface area (Å²) in [6.07, 6.45) is 1.47. The quantitative estimate of drug-likeness (QED) is 0.101. The largest absolute Gasteiger partial charge is 0.338 e. The summed E-state index contributed by atoms with van der Waals surface area (Å²) < 4.78 is 0. The van der Waals surface area contributed by atoms with E-state index in [-0.39, 0.29) is 12.1 Å². The minimum absolute atomic E-state index is 0.0321. The lowest BCUT2D eigenvalue weighted by atomic mass is 9.94. The first-order valence-electron chi connectivity index (χ1n) is 27.7. The number of hydrogen-bond acceptors (Lipinski definition) is 8. The van der Waals surface area contributed by atoms with Crippen molar-refractivity contribution in [3.63, 3.8) is 0 Å². The number of para-hydroxylation sites is 8. The number of nitrogens with one attached hydrogen (secondary N) is 4. The zero-order valence-electron chi connectivity index (χ0n) is 44.2. The van der Waals surface area contributed by atoms with Gasteiger partial charge < -0.3 is 19.9 Å². The van der Waals surface area contributed by atoms with Crippen LogP contribution in [0, 0.1) is 0 Å². The van der Waals surface area contributed by atoms with E-state index in [0.717, 1.165) is 148 Å². The Morgan fingerprint density at radius 3 is 0.817 bits per heavy atom. The first-order chi connectivity index (χ1) is 40.5. The van der Waals surface area contributed by atoms with Crippen LogP contribution in [0.15, 0.2) is 253 Å². The summed E-state index contributed by atoms with van der Waals surface area (Å²) in [6.45, 7) is 0. The Balaban J connectivity index is 0.680. The van der Waals surface area contributed by atoms with E-state index in [9.17, 15) is 0 Å². The summed E-state index contributed by atoms with van der Waals surface area (Å²) in [5.74, 6) is 3.38. The van der Waals surface area contributed by atoms with Crippen LogP contribution in [0.4, 0.5) is 11.4 Å². The van der Waals surface area contributed by atoms with E-state index in [2.05, 4.69) is 200 Å². The summed E-state index contributed by atoms with van der Waals surface area (Å²) in [5, 5.41) is 15.1. The minimum Gasteiger partial charge on any atom is -0.338 e. The molecule has 6 heterocycles. The SMILES string of the molecule is c1ccc2[nH]c(-c3ccc(C4=NN(c5ccc(-c6nc7ccccc7[nH]6)cc5)C(c5ccc(-c6ccc(C7CC(c8ccc(-c9nc%10ccccc%10[nH]9)cc8)=NN7c7ccc(-c8nc9ccccc9[nH]8)cc7)cc6)cc5)C4)cc3)nc2c1. The Morgan fingerprint density at radius 2 is 0.524 bits per heavy atom. The maximum absolute atomic E-state index is 5.37. The number of hydrazone groups is 2. The van der Waals surface area contributed by atoms with Gasteiger partial charge in [-0.2, -0.15) is 10.2 Å². The van der Waals surface area contributed by atoms with Gasteiger partial charge in [-0.15, -0.1) is 0 Å². The van der Waals surface area contributed by atoms with Gasteiger partial charge in [0.2, 0.25) is 0 Å². The molecule has 82 heavy (non-hydrogen) atoms. The fourth-order valence-corrected chi connectivity index (χ4v) is 11.7. The molecule has 4 aromatic heterocycles. The molecule has 12 nitrogen and oxygen atoms in total. The smallest absolute Gasteiger partial charge is 0.138 e. The van der Waals surface area contributed by atoms with Crippen molar-refractivity contribution in [2.45, 2.75) is 24.9 Å². The van der Waals surface area contributed by atoms with Crippen molar-refractivity contribution < 1.29 is 0 Å². The number of hydrogen-bond donors (Lipinski definition) is 4. The highest BCUT2D eigenvalue weighted by Gasteiger charge is 2.32. The van der Waals surface area contributed by atoms with Crippen molar-refractivity contribution in [2.24, 2.45) is 10.2 Å². The van der Waals surface area contributed by atoms with Gasteiger partial charge in [-0.25, -0.2) is 19.9 Å². The van der Waals surface area contributed by atoms with Gasteiger partial charge in [0.05, 0.1) is 79.0 Å². The van der Waals surface area contributed by atoms with Gasteiger partial charge in [0.15, 0.2) is 0 Å². The molecular formula is C70H50N12. The average Bonchev–Trinajstić information content (AvgIpc) is 4.53. The molecular weight excluding hydrogens is 1010 g/mol. The monoisotopic (exact) mass is 1060 g/mol. The highest BCUT2D eigenvalue weighted by atomic mass is 15.5. The second-order valence-electron chi connectivity index (χ2n) is 21.1. The third kappa shape index (κ3) is 8.57. The maximum Gasteiger partial charge on any atom is 0.138 e. The summed E-state index contributed by atoms with van der Waals surface area (Å²) in [5.41, 5.74) is 22.8. The van der Waals surface area contributed by atoms with E-state index in [1.165, 1.54) is 11.1 Å². The van der Waals surface area contributed by atoms with Crippen molar-refractivity contribution in [2.75, 3.05) is 10.0 Å². The zero-order chi connectivity index (χ0) is 54.1. The van der Waals surface area contributed by atoms with Crippen molar-refractivity contribution in [1.29, 1.82) is 0 Å². The first kappa shape index (κ1) is 47.1. The van der Waals surface area contributed by atoms with Gasteiger partial charge >= 0.3 is 0 Å². The maximum atomic E-state index is 5.37. The second kappa shape index (κ2) is 19.4. The van der Waals surface area contributed by atoms with Crippen LogP contribution < -0.4 is 10.0 Å². The van der Waals surface area contributed by atoms with Crippen LogP contribution in [0.3, 0.4) is 0 Å². The molecule has 0 radical (unpaired) electrons. The molecule has 0 saturated heterocycles. The Hall–Kier alpha value is -11.0. The lowest BCUT2D eigenvalue weighted by Crippen LogP contribution is -2.18. The number of imidazole rings is 4. The van der Waals surface area contributed by atoms with Crippen LogP contribution in [-0.4, -0.2) is 51.3 Å². The second-order valence-corrected chi connectivity index (χ2v) is 21.1. The molecule has 2 aliphatic heterocycles. The predicted octanol–water partition coefficient (Wildman–Crippen LogP) is 16.2. The van der Waals surface area contributed by atoms with Crippen LogP contribution in [0.5, 0.6) is 0 Å². The van der Waals surface area contributed by atoms with Crippen molar-refractivity contribution >= 4 is 66.9 Å². The first-order valence-corrected chi connectivity index (χ1v) is 27.7. The Bertz CT molecular complexity index is 4300. The number of aromatic amines is 4. The highest BCUT2D eigenvalue weighted by Crippen LogP contribution is 2.41. The van der Waals surface area contributed by atoms with Gasteiger partial charge in [0.1, 0.15) is 23.3 Å². The molecule has 2 aliphatic rings. The number of nitrogens with zero attached hydrogens (tertiary/aromatic N) is 8. The third-order valence-corrected chi connectivity index (χ3v) is 16.1. The summed E-state index contributed by atoms with van der Waals surface area (Å²) >= 11 is 0. The highest BCUT2D eigenvalue weighted by molar-refractivity contribution is 6.04. The molecule has 0 amide bonds. The van der Waals surface area contributed by atoms with Gasteiger partial charge in [0, 0.05) is 35.1 Å².